The summed E-state index contributed by atoms with van der Waals surface area (Å²) < 4.78 is 5.95. The van der Waals surface area contributed by atoms with Gasteiger partial charge in [-0.2, -0.15) is 0 Å². The van der Waals surface area contributed by atoms with Gasteiger partial charge in [0.15, 0.2) is 0 Å². The first-order valence-electron chi connectivity index (χ1n) is 7.43. The van der Waals surface area contributed by atoms with Crippen molar-refractivity contribution in [2.45, 2.75) is 33.4 Å². The van der Waals surface area contributed by atoms with Crippen molar-refractivity contribution in [2.75, 3.05) is 6.54 Å². The van der Waals surface area contributed by atoms with E-state index >= 15 is 0 Å². The van der Waals surface area contributed by atoms with Crippen LogP contribution in [0.3, 0.4) is 0 Å². The summed E-state index contributed by atoms with van der Waals surface area (Å²) in [5.41, 5.74) is 3.53. The van der Waals surface area contributed by atoms with E-state index in [9.17, 15) is 0 Å². The molecule has 0 aliphatic carbocycles. The van der Waals surface area contributed by atoms with Gasteiger partial charge in [-0.25, -0.2) is 0 Å². The summed E-state index contributed by atoms with van der Waals surface area (Å²) in [6.45, 7) is 6.42. The van der Waals surface area contributed by atoms with Gasteiger partial charge in [0.25, 0.3) is 0 Å². The molecule has 2 nitrogen and oxygen atoms in total. The average Bonchev–Trinajstić information content (AvgIpc) is 2.52. The molecule has 0 saturated carbocycles. The Bertz CT molecular complexity index is 566. The highest BCUT2D eigenvalue weighted by Gasteiger charge is 2.08. The predicted octanol–water partition coefficient (Wildman–Crippen LogP) is 4.59. The molecule has 0 aromatic heterocycles. The van der Waals surface area contributed by atoms with Crippen molar-refractivity contribution in [1.82, 2.24) is 5.32 Å². The van der Waals surface area contributed by atoms with Crippen LogP contribution in [-0.4, -0.2) is 6.54 Å². The van der Waals surface area contributed by atoms with E-state index in [2.05, 4.69) is 43.4 Å². The third kappa shape index (κ3) is 4.48. The topological polar surface area (TPSA) is 21.3 Å². The van der Waals surface area contributed by atoms with Gasteiger partial charge in [-0.1, -0.05) is 55.8 Å². The zero-order chi connectivity index (χ0) is 15.1. The zero-order valence-corrected chi connectivity index (χ0v) is 13.4. The standard InChI is InChI=1S/C18H22ClNO/c1-3-14-8-10-15(11-9-14)13-21-18-7-5-6-17(19)16(18)12-20-4-2/h5-11,20H,3-4,12-13H2,1-2H3. The Balaban J connectivity index is 2.06. The highest BCUT2D eigenvalue weighted by Crippen LogP contribution is 2.27. The van der Waals surface area contributed by atoms with Crippen LogP contribution < -0.4 is 10.1 Å². The van der Waals surface area contributed by atoms with Crippen molar-refractivity contribution in [3.8, 4) is 5.75 Å². The number of benzene rings is 2. The lowest BCUT2D eigenvalue weighted by molar-refractivity contribution is 0.302. The van der Waals surface area contributed by atoms with Crippen LogP contribution in [0.4, 0.5) is 0 Å². The maximum atomic E-state index is 6.27. The van der Waals surface area contributed by atoms with Gasteiger partial charge in [0, 0.05) is 17.1 Å². The fraction of sp³-hybridized carbons (Fsp3) is 0.333. The van der Waals surface area contributed by atoms with Gasteiger partial charge in [0.1, 0.15) is 12.4 Å². The van der Waals surface area contributed by atoms with Crippen LogP contribution in [0.5, 0.6) is 5.75 Å². The van der Waals surface area contributed by atoms with Crippen molar-refractivity contribution in [3.05, 3.63) is 64.2 Å². The molecular formula is C18H22ClNO. The summed E-state index contributed by atoms with van der Waals surface area (Å²) in [5.74, 6) is 0.850. The summed E-state index contributed by atoms with van der Waals surface area (Å²) in [6.07, 6.45) is 1.06. The number of aryl methyl sites for hydroxylation is 1. The van der Waals surface area contributed by atoms with Gasteiger partial charge in [0.2, 0.25) is 0 Å². The third-order valence-corrected chi connectivity index (χ3v) is 3.81. The van der Waals surface area contributed by atoms with Gasteiger partial charge < -0.3 is 10.1 Å². The van der Waals surface area contributed by atoms with Crippen molar-refractivity contribution in [1.29, 1.82) is 0 Å². The van der Waals surface area contributed by atoms with Gasteiger partial charge in [-0.15, -0.1) is 0 Å². The van der Waals surface area contributed by atoms with Crippen LogP contribution >= 0.6 is 11.6 Å². The lowest BCUT2D eigenvalue weighted by Crippen LogP contribution is -2.13. The summed E-state index contributed by atoms with van der Waals surface area (Å²) >= 11 is 6.27. The number of hydrogen-bond donors (Lipinski definition) is 1. The number of rotatable bonds is 7. The Hall–Kier alpha value is -1.51. The van der Waals surface area contributed by atoms with E-state index in [1.165, 1.54) is 11.1 Å². The van der Waals surface area contributed by atoms with Crippen LogP contribution in [0.1, 0.15) is 30.5 Å². The molecule has 0 aliphatic heterocycles. The van der Waals surface area contributed by atoms with E-state index in [1.54, 1.807) is 0 Å². The van der Waals surface area contributed by atoms with E-state index in [0.717, 1.165) is 35.8 Å². The fourth-order valence-electron chi connectivity index (χ4n) is 2.13. The number of hydrogen-bond acceptors (Lipinski definition) is 2. The molecule has 0 unspecified atom stereocenters. The molecule has 112 valence electrons. The molecule has 21 heavy (non-hydrogen) atoms. The molecule has 0 amide bonds. The first kappa shape index (κ1) is 15.9. The first-order chi connectivity index (χ1) is 10.2. The Morgan fingerprint density at radius 2 is 1.71 bits per heavy atom. The molecule has 0 spiro atoms. The minimum absolute atomic E-state index is 0.559. The van der Waals surface area contributed by atoms with Crippen molar-refractivity contribution >= 4 is 11.6 Å². The Morgan fingerprint density at radius 1 is 1.00 bits per heavy atom. The molecule has 0 saturated heterocycles. The number of ether oxygens (including phenoxy) is 1. The van der Waals surface area contributed by atoms with Crippen LogP contribution in [0.25, 0.3) is 0 Å². The van der Waals surface area contributed by atoms with E-state index in [4.69, 9.17) is 16.3 Å². The van der Waals surface area contributed by atoms with Crippen LogP contribution in [-0.2, 0) is 19.6 Å². The lowest BCUT2D eigenvalue weighted by Gasteiger charge is -2.13. The van der Waals surface area contributed by atoms with Crippen LogP contribution in [0.2, 0.25) is 5.02 Å². The molecule has 0 fully saturated rings. The molecular weight excluding hydrogens is 282 g/mol. The summed E-state index contributed by atoms with van der Waals surface area (Å²) in [6, 6.07) is 14.3. The molecule has 1 N–H and O–H groups in total. The second kappa shape index (κ2) is 8.06. The molecule has 0 heterocycles. The monoisotopic (exact) mass is 303 g/mol. The van der Waals surface area contributed by atoms with E-state index in [-0.39, 0.29) is 0 Å². The van der Waals surface area contributed by atoms with Gasteiger partial charge in [-0.05, 0) is 36.2 Å². The van der Waals surface area contributed by atoms with Crippen LogP contribution in [0.15, 0.2) is 42.5 Å². The molecule has 3 heteroatoms. The second-order valence-corrected chi connectivity index (χ2v) is 5.36. The van der Waals surface area contributed by atoms with E-state index in [1.807, 2.05) is 18.2 Å². The summed E-state index contributed by atoms with van der Waals surface area (Å²) in [5, 5.41) is 4.04. The quantitative estimate of drug-likeness (QED) is 0.807. The minimum Gasteiger partial charge on any atom is -0.489 e. The Morgan fingerprint density at radius 3 is 2.38 bits per heavy atom. The molecule has 2 aromatic rings. The van der Waals surface area contributed by atoms with Gasteiger partial charge >= 0.3 is 0 Å². The van der Waals surface area contributed by atoms with Gasteiger partial charge in [0.05, 0.1) is 0 Å². The summed E-state index contributed by atoms with van der Waals surface area (Å²) in [4.78, 5) is 0. The molecule has 0 bridgehead atoms. The Kier molecular flexibility index (Phi) is 6.09. The average molecular weight is 304 g/mol. The second-order valence-electron chi connectivity index (χ2n) is 4.96. The fourth-order valence-corrected chi connectivity index (χ4v) is 2.36. The highest BCUT2D eigenvalue weighted by molar-refractivity contribution is 6.31. The number of halogens is 1. The maximum absolute atomic E-state index is 6.27. The van der Waals surface area contributed by atoms with Crippen molar-refractivity contribution in [2.24, 2.45) is 0 Å². The molecule has 0 atom stereocenters. The molecule has 2 aromatic carbocycles. The van der Waals surface area contributed by atoms with Crippen molar-refractivity contribution < 1.29 is 4.74 Å². The SMILES string of the molecule is CCNCc1c(Cl)cccc1OCc1ccc(CC)cc1. The Labute approximate surface area is 132 Å². The molecule has 0 aliphatic rings. The first-order valence-corrected chi connectivity index (χ1v) is 7.81. The largest absolute Gasteiger partial charge is 0.489 e. The zero-order valence-electron chi connectivity index (χ0n) is 12.7. The number of nitrogens with one attached hydrogen (secondary N) is 1. The molecule has 0 radical (unpaired) electrons. The third-order valence-electron chi connectivity index (χ3n) is 3.45. The highest BCUT2D eigenvalue weighted by atomic mass is 35.5. The maximum Gasteiger partial charge on any atom is 0.125 e. The van der Waals surface area contributed by atoms with E-state index in [0.29, 0.717) is 6.61 Å². The normalized spacial score (nSPS) is 10.6. The van der Waals surface area contributed by atoms with E-state index < -0.39 is 0 Å². The van der Waals surface area contributed by atoms with Crippen molar-refractivity contribution in [3.63, 3.8) is 0 Å². The predicted molar refractivity (Wildman–Crippen MR) is 89.0 cm³/mol. The van der Waals surface area contributed by atoms with Gasteiger partial charge in [-0.3, -0.25) is 0 Å². The van der Waals surface area contributed by atoms with Crippen LogP contribution in [0, 0.1) is 0 Å². The minimum atomic E-state index is 0.559. The molecule has 2 rings (SSSR count). The smallest absolute Gasteiger partial charge is 0.125 e. The summed E-state index contributed by atoms with van der Waals surface area (Å²) in [7, 11) is 0. The lowest BCUT2D eigenvalue weighted by atomic mass is 10.1.